The molecule has 3 atom stereocenters. The Morgan fingerprint density at radius 2 is 1.97 bits per heavy atom. The Bertz CT molecular complexity index is 953. The topological polar surface area (TPSA) is 77.7 Å². The normalized spacial score (nSPS) is 31.6. The smallest absolute Gasteiger partial charge is 0.218 e. The molecule has 0 aromatic carbocycles. The number of hydrogen-bond acceptors (Lipinski definition) is 6. The monoisotopic (exact) mass is 451 g/mol. The van der Waals surface area contributed by atoms with Crippen molar-refractivity contribution in [2.45, 2.75) is 75.6 Å². The summed E-state index contributed by atoms with van der Waals surface area (Å²) in [6.45, 7) is -0.136. The van der Waals surface area contributed by atoms with E-state index in [1.807, 2.05) is 6.07 Å². The number of primary amides is 1. The number of nitrogens with two attached hydrogens (primary N) is 1. The molecule has 3 heterocycles. The number of thiophene rings is 1. The van der Waals surface area contributed by atoms with Crippen LogP contribution in [0.1, 0.15) is 54.9 Å². The summed E-state index contributed by atoms with van der Waals surface area (Å²) in [5.41, 5.74) is 6.65. The van der Waals surface area contributed by atoms with Gasteiger partial charge in [-0.15, -0.1) is 11.3 Å². The number of pyridine rings is 1. The van der Waals surface area contributed by atoms with Crippen molar-refractivity contribution in [3.8, 4) is 5.75 Å². The molecule has 168 valence electrons. The van der Waals surface area contributed by atoms with Crippen LogP contribution >= 0.6 is 11.3 Å². The van der Waals surface area contributed by atoms with E-state index in [0.29, 0.717) is 19.3 Å². The van der Waals surface area contributed by atoms with Gasteiger partial charge in [0.05, 0.1) is 24.7 Å². The maximum Gasteiger partial charge on any atom is 0.218 e. The molecule has 1 aliphatic heterocycles. The van der Waals surface area contributed by atoms with Crippen molar-refractivity contribution >= 4 is 27.5 Å². The number of aromatic nitrogens is 1. The molecule has 2 aliphatic carbocycles. The number of fused-ring (bicyclic) bond motifs is 3. The van der Waals surface area contributed by atoms with E-state index in [4.69, 9.17) is 15.2 Å². The minimum Gasteiger partial charge on any atom is -0.490 e. The van der Waals surface area contributed by atoms with Crippen LogP contribution in [0.15, 0.2) is 12.3 Å². The zero-order valence-corrected chi connectivity index (χ0v) is 18.1. The molecule has 0 bridgehead atoms. The van der Waals surface area contributed by atoms with Crippen molar-refractivity contribution in [3.05, 3.63) is 22.7 Å². The van der Waals surface area contributed by atoms with Crippen molar-refractivity contribution in [2.75, 3.05) is 13.2 Å². The van der Waals surface area contributed by atoms with Gasteiger partial charge in [0.15, 0.2) is 12.6 Å². The van der Waals surface area contributed by atoms with E-state index in [1.54, 1.807) is 17.5 Å². The summed E-state index contributed by atoms with van der Waals surface area (Å²) in [5.74, 6) is 0.621. The number of ether oxygens (including phenoxy) is 2. The number of nitrogens with zero attached hydrogens (tertiary/aromatic N) is 2. The van der Waals surface area contributed by atoms with Crippen molar-refractivity contribution < 1.29 is 23.0 Å². The number of aryl methyl sites for hydroxylation is 1. The second kappa shape index (κ2) is 8.60. The fraction of sp³-hybridized carbons (Fsp3) is 0.636. The van der Waals surface area contributed by atoms with Crippen LogP contribution in [0.2, 0.25) is 0 Å². The second-order valence-electron chi connectivity index (χ2n) is 8.74. The third-order valence-corrected chi connectivity index (χ3v) is 7.93. The van der Waals surface area contributed by atoms with Crippen LogP contribution < -0.4 is 10.5 Å². The Balaban J connectivity index is 1.31. The first-order chi connectivity index (χ1) is 15.0. The lowest BCUT2D eigenvalue weighted by molar-refractivity contribution is -0.163. The lowest BCUT2D eigenvalue weighted by Crippen LogP contribution is -2.54. The summed E-state index contributed by atoms with van der Waals surface area (Å²) in [4.78, 5) is 19.6. The first kappa shape index (κ1) is 21.0. The molecule has 1 saturated heterocycles. The van der Waals surface area contributed by atoms with Crippen LogP contribution in [-0.4, -0.2) is 53.7 Å². The molecule has 0 radical (unpaired) electrons. The molecular formula is C22H27F2N3O3S. The number of carbonyl (C=O) groups excluding carboxylic acids is 1. The molecule has 2 N–H and O–H groups in total. The maximum atomic E-state index is 14.2. The van der Waals surface area contributed by atoms with E-state index < -0.39 is 12.6 Å². The maximum absolute atomic E-state index is 14.2. The highest BCUT2D eigenvalue weighted by atomic mass is 32.1. The van der Waals surface area contributed by atoms with Gasteiger partial charge in [-0.3, -0.25) is 4.79 Å². The van der Waals surface area contributed by atoms with E-state index in [1.165, 1.54) is 15.3 Å². The standard InChI is InChI=1S/C22H27F2N3O3S/c23-17-10-29-11-18(24)27(17)13-2-4-14(5-3-13)30-15-7-8-26-22-21(15)20-12(9-19(25)28)1-6-16(20)31-22/h7-8,12-14,17-18H,1-6,9-11H2,(H2,25,28)/t12-,13-,14-,17-,18+/m1/s1. The van der Waals surface area contributed by atoms with Gasteiger partial charge in [-0.05, 0) is 56.1 Å². The van der Waals surface area contributed by atoms with E-state index >= 15 is 0 Å². The molecule has 1 amide bonds. The molecule has 5 rings (SSSR count). The van der Waals surface area contributed by atoms with Gasteiger partial charge in [0.2, 0.25) is 5.91 Å². The van der Waals surface area contributed by atoms with E-state index in [9.17, 15) is 13.6 Å². The average molecular weight is 452 g/mol. The third kappa shape index (κ3) is 4.03. The summed E-state index contributed by atoms with van der Waals surface area (Å²) >= 11 is 1.67. The van der Waals surface area contributed by atoms with Gasteiger partial charge in [-0.2, -0.15) is 0 Å². The average Bonchev–Trinajstić information content (AvgIpc) is 3.29. The predicted molar refractivity (Wildman–Crippen MR) is 114 cm³/mol. The van der Waals surface area contributed by atoms with Crippen LogP contribution in [-0.2, 0) is 16.0 Å². The van der Waals surface area contributed by atoms with E-state index in [-0.39, 0.29) is 37.2 Å². The van der Waals surface area contributed by atoms with Gasteiger partial charge in [0.1, 0.15) is 10.6 Å². The van der Waals surface area contributed by atoms with Crippen LogP contribution in [0.5, 0.6) is 5.75 Å². The number of morpholine rings is 1. The lowest BCUT2D eigenvalue weighted by Gasteiger charge is -2.42. The Hall–Kier alpha value is -1.84. The Kier molecular flexibility index (Phi) is 5.83. The molecule has 1 saturated carbocycles. The highest BCUT2D eigenvalue weighted by Crippen LogP contribution is 2.48. The number of amides is 1. The quantitative estimate of drug-likeness (QED) is 0.700. The van der Waals surface area contributed by atoms with Crippen LogP contribution in [0.3, 0.4) is 0 Å². The van der Waals surface area contributed by atoms with Gasteiger partial charge in [-0.25, -0.2) is 18.7 Å². The Morgan fingerprint density at radius 3 is 2.68 bits per heavy atom. The first-order valence-electron chi connectivity index (χ1n) is 11.0. The molecule has 9 heteroatoms. The van der Waals surface area contributed by atoms with E-state index in [2.05, 4.69) is 4.98 Å². The van der Waals surface area contributed by atoms with Gasteiger partial charge < -0.3 is 15.2 Å². The Morgan fingerprint density at radius 1 is 1.23 bits per heavy atom. The molecule has 31 heavy (non-hydrogen) atoms. The highest BCUT2D eigenvalue weighted by molar-refractivity contribution is 7.19. The van der Waals surface area contributed by atoms with Gasteiger partial charge in [0, 0.05) is 23.5 Å². The molecule has 3 aliphatic rings. The third-order valence-electron chi connectivity index (χ3n) is 6.76. The zero-order valence-electron chi connectivity index (χ0n) is 17.3. The van der Waals surface area contributed by atoms with Crippen molar-refractivity contribution in [3.63, 3.8) is 0 Å². The summed E-state index contributed by atoms with van der Waals surface area (Å²) in [5, 5.41) is 1.01. The number of carbonyl (C=O) groups is 1. The molecule has 2 aromatic rings. The summed E-state index contributed by atoms with van der Waals surface area (Å²) in [6, 6.07) is 1.76. The molecule has 6 nitrogen and oxygen atoms in total. The van der Waals surface area contributed by atoms with Gasteiger partial charge in [-0.1, -0.05) is 0 Å². The zero-order chi connectivity index (χ0) is 21.5. The summed E-state index contributed by atoms with van der Waals surface area (Å²) in [6.07, 6.45) is 4.03. The second-order valence-corrected chi connectivity index (χ2v) is 9.82. The largest absolute Gasteiger partial charge is 0.490 e. The van der Waals surface area contributed by atoms with Gasteiger partial charge >= 0.3 is 0 Å². The predicted octanol–water partition coefficient (Wildman–Crippen LogP) is 3.81. The summed E-state index contributed by atoms with van der Waals surface area (Å²) < 4.78 is 39.8. The fourth-order valence-corrected chi connectivity index (χ4v) is 6.64. The molecule has 2 fully saturated rings. The molecule has 0 spiro atoms. The van der Waals surface area contributed by atoms with Crippen molar-refractivity contribution in [1.29, 1.82) is 0 Å². The SMILES string of the molecule is NC(=O)C[C@H]1CCc2sc3nccc(O[C@H]4CC[C@H](N5[C@H](F)COC[C@@H]5F)CC4)c3c21. The molecular weight excluding hydrogens is 424 g/mol. The lowest BCUT2D eigenvalue weighted by atomic mass is 9.91. The number of rotatable bonds is 5. The minimum absolute atomic E-state index is 0.00874. The van der Waals surface area contributed by atoms with Crippen LogP contribution in [0.25, 0.3) is 10.2 Å². The van der Waals surface area contributed by atoms with Crippen molar-refractivity contribution in [2.24, 2.45) is 5.73 Å². The number of hydrogen-bond donors (Lipinski definition) is 1. The Labute approximate surface area is 183 Å². The summed E-state index contributed by atoms with van der Waals surface area (Å²) in [7, 11) is 0. The van der Waals surface area contributed by atoms with Crippen molar-refractivity contribution in [1.82, 2.24) is 9.88 Å². The van der Waals surface area contributed by atoms with Crippen LogP contribution in [0.4, 0.5) is 8.78 Å². The minimum atomic E-state index is -1.39. The van der Waals surface area contributed by atoms with Crippen LogP contribution in [0, 0.1) is 0 Å². The first-order valence-corrected chi connectivity index (χ1v) is 11.8. The molecule has 2 aromatic heterocycles. The molecule has 0 unspecified atom stereocenters. The highest BCUT2D eigenvalue weighted by Gasteiger charge is 2.39. The van der Waals surface area contributed by atoms with Gasteiger partial charge in [0.25, 0.3) is 0 Å². The number of halogens is 2. The van der Waals surface area contributed by atoms with E-state index in [0.717, 1.165) is 41.6 Å². The fourth-order valence-electron chi connectivity index (χ4n) is 5.38. The number of alkyl halides is 2.